The van der Waals surface area contributed by atoms with Crippen molar-refractivity contribution in [2.75, 3.05) is 21.2 Å². The van der Waals surface area contributed by atoms with Crippen LogP contribution in [0.25, 0.3) is 0 Å². The molecule has 0 spiro atoms. The molecule has 16 heavy (non-hydrogen) atoms. The first-order valence-electron chi connectivity index (χ1n) is 4.56. The minimum atomic E-state index is -0.455. The lowest BCUT2D eigenvalue weighted by molar-refractivity contribution is -0.146. The maximum Gasteiger partial charge on any atom is 0.327 e. The normalized spacial score (nSPS) is 11.8. The molecule has 3 nitrogen and oxygen atoms in total. The zero-order chi connectivity index (χ0) is 11.4. The van der Waals surface area contributed by atoms with E-state index in [9.17, 15) is 4.79 Å². The monoisotopic (exact) mass is 263 g/mol. The summed E-state index contributed by atoms with van der Waals surface area (Å²) in [7, 11) is 4.99. The molecule has 1 atom stereocenters. The highest BCUT2D eigenvalue weighted by Crippen LogP contribution is 2.26. The summed E-state index contributed by atoms with van der Waals surface area (Å²) >= 11 is 6.03. The van der Waals surface area contributed by atoms with Crippen LogP contribution in [0.15, 0.2) is 24.3 Å². The predicted molar refractivity (Wildman–Crippen MR) is 67.1 cm³/mol. The van der Waals surface area contributed by atoms with E-state index in [1.165, 1.54) is 7.11 Å². The van der Waals surface area contributed by atoms with Crippen LogP contribution in [0.4, 0.5) is 0 Å². The van der Waals surface area contributed by atoms with Crippen LogP contribution < -0.4 is 0 Å². The van der Waals surface area contributed by atoms with Gasteiger partial charge in [0.05, 0.1) is 7.11 Å². The Bertz CT molecular complexity index is 356. The lowest BCUT2D eigenvalue weighted by atomic mass is 10.1. The highest BCUT2D eigenvalue weighted by atomic mass is 35.5. The molecule has 0 heterocycles. The Balaban J connectivity index is 0.00000225. The largest absolute Gasteiger partial charge is 0.468 e. The van der Waals surface area contributed by atoms with E-state index in [1.54, 1.807) is 11.0 Å². The lowest BCUT2D eigenvalue weighted by Gasteiger charge is -2.22. The fourth-order valence-electron chi connectivity index (χ4n) is 1.42. The van der Waals surface area contributed by atoms with Gasteiger partial charge in [0.25, 0.3) is 0 Å². The molecule has 0 radical (unpaired) electrons. The molecule has 0 fully saturated rings. The maximum absolute atomic E-state index is 11.6. The van der Waals surface area contributed by atoms with Crippen LogP contribution in [0.1, 0.15) is 11.6 Å². The van der Waals surface area contributed by atoms with Crippen LogP contribution in [0.3, 0.4) is 0 Å². The Hall–Kier alpha value is -0.770. The molecule has 0 bridgehead atoms. The van der Waals surface area contributed by atoms with E-state index < -0.39 is 6.04 Å². The molecular formula is C11H15Cl2NO2. The summed E-state index contributed by atoms with van der Waals surface area (Å²) < 4.78 is 4.74. The number of hydrogen-bond donors (Lipinski definition) is 0. The second kappa shape index (κ2) is 6.74. The van der Waals surface area contributed by atoms with E-state index in [0.29, 0.717) is 5.02 Å². The van der Waals surface area contributed by atoms with Crippen LogP contribution in [0, 0.1) is 0 Å². The number of rotatable bonds is 3. The molecule has 0 aliphatic rings. The van der Waals surface area contributed by atoms with Gasteiger partial charge in [-0.05, 0) is 25.7 Å². The Kier molecular flexibility index (Phi) is 6.41. The molecule has 0 aliphatic heterocycles. The smallest absolute Gasteiger partial charge is 0.327 e. The summed E-state index contributed by atoms with van der Waals surface area (Å²) in [4.78, 5) is 13.4. The highest BCUT2D eigenvalue weighted by molar-refractivity contribution is 6.31. The van der Waals surface area contributed by atoms with Gasteiger partial charge in [-0.15, -0.1) is 12.4 Å². The minimum Gasteiger partial charge on any atom is -0.468 e. The van der Waals surface area contributed by atoms with Crippen molar-refractivity contribution in [3.05, 3.63) is 34.9 Å². The minimum absolute atomic E-state index is 0. The second-order valence-corrected chi connectivity index (χ2v) is 3.82. The van der Waals surface area contributed by atoms with Crippen LogP contribution in [0.5, 0.6) is 0 Å². The zero-order valence-corrected chi connectivity index (χ0v) is 11.0. The summed E-state index contributed by atoms with van der Waals surface area (Å²) in [5, 5.41) is 0.571. The zero-order valence-electron chi connectivity index (χ0n) is 9.44. The molecule has 0 saturated carbocycles. The standard InChI is InChI=1S/C11H14ClNO2.ClH/c1-13(2)10(11(14)15-3)8-6-4-5-7-9(8)12;/h4-7,10H,1-3H3;1H. The average molecular weight is 264 g/mol. The Morgan fingerprint density at radius 2 is 1.94 bits per heavy atom. The molecular weight excluding hydrogens is 249 g/mol. The van der Waals surface area contributed by atoms with Crippen LogP contribution in [-0.4, -0.2) is 32.1 Å². The number of carbonyl (C=O) groups is 1. The summed E-state index contributed by atoms with van der Waals surface area (Å²) in [5.74, 6) is -0.312. The number of benzene rings is 1. The Morgan fingerprint density at radius 3 is 2.38 bits per heavy atom. The molecule has 0 aliphatic carbocycles. The van der Waals surface area contributed by atoms with Gasteiger partial charge in [0.2, 0.25) is 0 Å². The number of hydrogen-bond acceptors (Lipinski definition) is 3. The van der Waals surface area contributed by atoms with Crippen molar-refractivity contribution in [1.29, 1.82) is 0 Å². The SMILES string of the molecule is COC(=O)C(c1ccccc1Cl)N(C)C.Cl. The number of methoxy groups -OCH3 is 1. The van der Waals surface area contributed by atoms with Gasteiger partial charge in [-0.1, -0.05) is 29.8 Å². The lowest BCUT2D eigenvalue weighted by Crippen LogP contribution is -2.28. The fourth-order valence-corrected chi connectivity index (χ4v) is 1.66. The number of halogens is 2. The number of carbonyl (C=O) groups excluding carboxylic acids is 1. The fraction of sp³-hybridized carbons (Fsp3) is 0.364. The molecule has 1 rings (SSSR count). The van der Waals surface area contributed by atoms with E-state index in [0.717, 1.165) is 5.56 Å². The van der Waals surface area contributed by atoms with Crippen molar-refractivity contribution < 1.29 is 9.53 Å². The van der Waals surface area contributed by atoms with Crippen LogP contribution >= 0.6 is 24.0 Å². The molecule has 0 aromatic heterocycles. The van der Waals surface area contributed by atoms with Gasteiger partial charge in [-0.3, -0.25) is 4.90 Å². The number of ether oxygens (including phenoxy) is 1. The maximum atomic E-state index is 11.6. The third kappa shape index (κ3) is 3.37. The van der Waals surface area contributed by atoms with Crippen molar-refractivity contribution in [2.45, 2.75) is 6.04 Å². The molecule has 0 saturated heterocycles. The highest BCUT2D eigenvalue weighted by Gasteiger charge is 2.25. The number of nitrogens with zero attached hydrogens (tertiary/aromatic N) is 1. The molecule has 1 aromatic carbocycles. The van der Waals surface area contributed by atoms with Gasteiger partial charge in [0, 0.05) is 5.02 Å². The van der Waals surface area contributed by atoms with Crippen molar-refractivity contribution in [3.63, 3.8) is 0 Å². The summed E-state index contributed by atoms with van der Waals surface area (Å²) in [6, 6.07) is 6.81. The Morgan fingerprint density at radius 1 is 1.38 bits per heavy atom. The average Bonchev–Trinajstić information content (AvgIpc) is 2.20. The number of esters is 1. The summed E-state index contributed by atoms with van der Waals surface area (Å²) in [6.07, 6.45) is 0. The third-order valence-corrected chi connectivity index (χ3v) is 2.48. The van der Waals surface area contributed by atoms with Gasteiger partial charge in [0.1, 0.15) is 6.04 Å². The van der Waals surface area contributed by atoms with Crippen molar-refractivity contribution >= 4 is 30.0 Å². The van der Waals surface area contributed by atoms with Crippen molar-refractivity contribution in [2.24, 2.45) is 0 Å². The van der Waals surface area contributed by atoms with E-state index >= 15 is 0 Å². The summed E-state index contributed by atoms with van der Waals surface area (Å²) in [6.45, 7) is 0. The van der Waals surface area contributed by atoms with Crippen molar-refractivity contribution in [1.82, 2.24) is 4.90 Å². The number of likely N-dealkylation sites (N-methyl/N-ethyl adjacent to an activating group) is 1. The van der Waals surface area contributed by atoms with E-state index in [1.807, 2.05) is 32.3 Å². The van der Waals surface area contributed by atoms with E-state index in [-0.39, 0.29) is 18.4 Å². The van der Waals surface area contributed by atoms with Crippen LogP contribution in [-0.2, 0) is 9.53 Å². The van der Waals surface area contributed by atoms with Gasteiger partial charge in [-0.2, -0.15) is 0 Å². The van der Waals surface area contributed by atoms with Gasteiger partial charge >= 0.3 is 5.97 Å². The summed E-state index contributed by atoms with van der Waals surface area (Å²) in [5.41, 5.74) is 0.760. The van der Waals surface area contributed by atoms with E-state index in [4.69, 9.17) is 16.3 Å². The first kappa shape index (κ1) is 15.2. The second-order valence-electron chi connectivity index (χ2n) is 3.41. The first-order chi connectivity index (χ1) is 7.07. The van der Waals surface area contributed by atoms with Gasteiger partial charge in [-0.25, -0.2) is 4.79 Å². The molecule has 5 heteroatoms. The molecule has 0 N–H and O–H groups in total. The van der Waals surface area contributed by atoms with Gasteiger partial charge < -0.3 is 4.74 Å². The third-order valence-electron chi connectivity index (χ3n) is 2.14. The first-order valence-corrected chi connectivity index (χ1v) is 4.94. The predicted octanol–water partition coefficient (Wildman–Crippen LogP) is 2.54. The molecule has 0 amide bonds. The quantitative estimate of drug-likeness (QED) is 0.786. The van der Waals surface area contributed by atoms with Gasteiger partial charge in [0.15, 0.2) is 0 Å². The molecule has 90 valence electrons. The van der Waals surface area contributed by atoms with Crippen LogP contribution in [0.2, 0.25) is 5.02 Å². The molecule has 1 unspecified atom stereocenters. The van der Waals surface area contributed by atoms with Crippen molar-refractivity contribution in [3.8, 4) is 0 Å². The Labute approximate surface area is 107 Å². The topological polar surface area (TPSA) is 29.5 Å². The van der Waals surface area contributed by atoms with E-state index in [2.05, 4.69) is 0 Å². The molecule has 1 aromatic rings.